The normalized spacial score (nSPS) is 15.9. The van der Waals surface area contributed by atoms with Crippen molar-refractivity contribution in [2.75, 3.05) is 6.61 Å². The summed E-state index contributed by atoms with van der Waals surface area (Å²) in [5.41, 5.74) is 5.72. The summed E-state index contributed by atoms with van der Waals surface area (Å²) in [6, 6.07) is 5.73. The zero-order chi connectivity index (χ0) is 19.7. The standard InChI is InChI=1S/C18H15Cl2NO6/c1-2-25-18(24)14-13(10-4-3-8(19)5-11(10)20)16-15(27-17(14)21)12(23)6-9(7-22)26-16/h3-6,13,22H,2,7,21H2,1H3. The van der Waals surface area contributed by atoms with Crippen LogP contribution in [0.4, 0.5) is 0 Å². The van der Waals surface area contributed by atoms with Gasteiger partial charge in [0.05, 0.1) is 12.5 Å². The van der Waals surface area contributed by atoms with Gasteiger partial charge in [0.1, 0.15) is 17.9 Å². The Balaban J connectivity index is 2.31. The second kappa shape index (κ2) is 7.64. The maximum absolute atomic E-state index is 12.5. The summed E-state index contributed by atoms with van der Waals surface area (Å²) in [5.74, 6) is -2.20. The molecule has 3 rings (SSSR count). The van der Waals surface area contributed by atoms with Crippen LogP contribution in [0.2, 0.25) is 10.0 Å². The lowest BCUT2D eigenvalue weighted by Gasteiger charge is -2.27. The molecule has 0 fully saturated rings. The third-order valence-corrected chi connectivity index (χ3v) is 4.50. The molecule has 0 amide bonds. The number of esters is 1. The van der Waals surface area contributed by atoms with Crippen molar-refractivity contribution in [3.8, 4) is 5.75 Å². The molecule has 0 aliphatic carbocycles. The lowest BCUT2D eigenvalue weighted by molar-refractivity contribution is -0.139. The molecule has 3 N–H and O–H groups in total. The van der Waals surface area contributed by atoms with E-state index in [0.717, 1.165) is 6.07 Å². The predicted octanol–water partition coefficient (Wildman–Crippen LogP) is 2.70. The Morgan fingerprint density at radius 3 is 2.70 bits per heavy atom. The predicted molar refractivity (Wildman–Crippen MR) is 97.7 cm³/mol. The van der Waals surface area contributed by atoms with Gasteiger partial charge in [0, 0.05) is 16.1 Å². The monoisotopic (exact) mass is 411 g/mol. The Morgan fingerprint density at radius 1 is 1.33 bits per heavy atom. The number of fused-ring (bicyclic) bond motifs is 1. The highest BCUT2D eigenvalue weighted by molar-refractivity contribution is 6.35. The van der Waals surface area contributed by atoms with E-state index in [9.17, 15) is 14.7 Å². The first-order chi connectivity index (χ1) is 12.9. The Labute approximate surface area is 163 Å². The van der Waals surface area contributed by atoms with Gasteiger partial charge >= 0.3 is 5.97 Å². The zero-order valence-electron chi connectivity index (χ0n) is 14.1. The van der Waals surface area contributed by atoms with Crippen LogP contribution >= 0.6 is 23.2 Å². The van der Waals surface area contributed by atoms with Gasteiger partial charge in [-0.25, -0.2) is 4.79 Å². The van der Waals surface area contributed by atoms with Crippen molar-refractivity contribution in [1.82, 2.24) is 0 Å². The molecule has 2 aromatic rings. The van der Waals surface area contributed by atoms with Crippen LogP contribution in [-0.2, 0) is 16.1 Å². The molecule has 1 aliphatic heterocycles. The minimum Gasteiger partial charge on any atom is -0.462 e. The number of carbonyl (C=O) groups excluding carboxylic acids is 1. The van der Waals surface area contributed by atoms with E-state index in [2.05, 4.69) is 0 Å². The van der Waals surface area contributed by atoms with Gasteiger partial charge in [-0.1, -0.05) is 29.3 Å². The highest BCUT2D eigenvalue weighted by Gasteiger charge is 2.40. The molecule has 1 aliphatic rings. The fourth-order valence-corrected chi connectivity index (χ4v) is 3.33. The minimum absolute atomic E-state index is 0.00103. The maximum Gasteiger partial charge on any atom is 0.340 e. The third-order valence-electron chi connectivity index (χ3n) is 3.93. The molecule has 0 saturated carbocycles. The van der Waals surface area contributed by atoms with Gasteiger partial charge in [-0.15, -0.1) is 0 Å². The Hall–Kier alpha value is -2.48. The number of nitrogens with two attached hydrogens (primary N) is 1. The molecule has 9 heteroatoms. The van der Waals surface area contributed by atoms with Crippen molar-refractivity contribution < 1.29 is 23.8 Å². The molecule has 1 aromatic carbocycles. The van der Waals surface area contributed by atoms with E-state index >= 15 is 0 Å². The van der Waals surface area contributed by atoms with E-state index in [1.165, 1.54) is 6.07 Å². The molecular formula is C18H15Cl2NO6. The van der Waals surface area contributed by atoms with Crippen LogP contribution in [0.15, 0.2) is 44.9 Å². The summed E-state index contributed by atoms with van der Waals surface area (Å²) >= 11 is 12.3. The molecule has 0 saturated heterocycles. The fraction of sp³-hybridized carbons (Fsp3) is 0.222. The average molecular weight is 412 g/mol. The van der Waals surface area contributed by atoms with Crippen LogP contribution in [-0.4, -0.2) is 17.7 Å². The van der Waals surface area contributed by atoms with Crippen molar-refractivity contribution in [1.29, 1.82) is 0 Å². The smallest absolute Gasteiger partial charge is 0.340 e. The SMILES string of the molecule is CCOC(=O)C1=C(N)Oc2c(oc(CO)cc2=O)C1c1ccc(Cl)cc1Cl. The molecule has 1 atom stereocenters. The van der Waals surface area contributed by atoms with E-state index in [-0.39, 0.29) is 40.4 Å². The summed E-state index contributed by atoms with van der Waals surface area (Å²) in [4.78, 5) is 24.9. The van der Waals surface area contributed by atoms with Gasteiger partial charge < -0.3 is 24.7 Å². The number of halogens is 2. The second-order valence-corrected chi connectivity index (χ2v) is 6.47. The topological polar surface area (TPSA) is 112 Å². The molecule has 27 heavy (non-hydrogen) atoms. The van der Waals surface area contributed by atoms with Gasteiger partial charge in [-0.05, 0) is 24.6 Å². The molecule has 1 aromatic heterocycles. The summed E-state index contributed by atoms with van der Waals surface area (Å²) in [5, 5.41) is 9.99. The lowest BCUT2D eigenvalue weighted by Crippen LogP contribution is -2.30. The number of hydrogen-bond donors (Lipinski definition) is 2. The molecule has 1 unspecified atom stereocenters. The van der Waals surface area contributed by atoms with Crippen LogP contribution in [0.5, 0.6) is 5.75 Å². The molecular weight excluding hydrogens is 397 g/mol. The molecule has 0 bridgehead atoms. The van der Waals surface area contributed by atoms with Gasteiger partial charge in [-0.2, -0.15) is 0 Å². The third kappa shape index (κ3) is 3.53. The number of carbonyl (C=O) groups is 1. The fourth-order valence-electron chi connectivity index (χ4n) is 2.82. The van der Waals surface area contributed by atoms with E-state index in [1.54, 1.807) is 19.1 Å². The Kier molecular flexibility index (Phi) is 5.46. The second-order valence-electron chi connectivity index (χ2n) is 5.63. The largest absolute Gasteiger partial charge is 0.462 e. The van der Waals surface area contributed by atoms with Crippen LogP contribution < -0.4 is 15.9 Å². The average Bonchev–Trinajstić information content (AvgIpc) is 2.61. The lowest BCUT2D eigenvalue weighted by atomic mass is 9.86. The highest BCUT2D eigenvalue weighted by Crippen LogP contribution is 2.44. The summed E-state index contributed by atoms with van der Waals surface area (Å²) < 4.78 is 16.1. The van der Waals surface area contributed by atoms with Crippen LogP contribution in [0.1, 0.15) is 29.9 Å². The molecule has 2 heterocycles. The number of aliphatic hydroxyl groups excluding tert-OH is 1. The number of rotatable bonds is 4. The molecule has 0 radical (unpaired) electrons. The molecule has 0 spiro atoms. The minimum atomic E-state index is -0.975. The van der Waals surface area contributed by atoms with E-state index < -0.39 is 23.9 Å². The number of aliphatic hydroxyl groups is 1. The summed E-state index contributed by atoms with van der Waals surface area (Å²) in [7, 11) is 0. The highest BCUT2D eigenvalue weighted by atomic mass is 35.5. The van der Waals surface area contributed by atoms with Crippen molar-refractivity contribution >= 4 is 29.2 Å². The maximum atomic E-state index is 12.5. The number of benzene rings is 1. The molecule has 7 nitrogen and oxygen atoms in total. The van der Waals surface area contributed by atoms with E-state index in [1.807, 2.05) is 0 Å². The quantitative estimate of drug-likeness (QED) is 0.743. The van der Waals surface area contributed by atoms with Gasteiger partial charge in [-0.3, -0.25) is 4.79 Å². The van der Waals surface area contributed by atoms with Crippen molar-refractivity contribution in [2.45, 2.75) is 19.4 Å². The first-order valence-corrected chi connectivity index (χ1v) is 8.70. The Morgan fingerprint density at radius 2 is 2.07 bits per heavy atom. The van der Waals surface area contributed by atoms with E-state index in [4.69, 9.17) is 42.8 Å². The van der Waals surface area contributed by atoms with Crippen molar-refractivity contribution in [2.24, 2.45) is 5.73 Å². The van der Waals surface area contributed by atoms with Crippen LogP contribution in [0.25, 0.3) is 0 Å². The van der Waals surface area contributed by atoms with Crippen molar-refractivity contribution in [3.05, 3.63) is 73.1 Å². The summed E-state index contributed by atoms with van der Waals surface area (Å²) in [6.07, 6.45) is 0. The first-order valence-electron chi connectivity index (χ1n) is 7.94. The van der Waals surface area contributed by atoms with Crippen LogP contribution in [0.3, 0.4) is 0 Å². The van der Waals surface area contributed by atoms with Gasteiger partial charge in [0.2, 0.25) is 17.1 Å². The number of ether oxygens (including phenoxy) is 2. The van der Waals surface area contributed by atoms with Crippen molar-refractivity contribution in [3.63, 3.8) is 0 Å². The van der Waals surface area contributed by atoms with Gasteiger partial charge in [0.15, 0.2) is 5.76 Å². The van der Waals surface area contributed by atoms with E-state index in [0.29, 0.717) is 10.6 Å². The molecule has 142 valence electrons. The zero-order valence-corrected chi connectivity index (χ0v) is 15.6. The Bertz CT molecular complexity index is 998. The first kappa shape index (κ1) is 19.3. The number of hydrogen-bond acceptors (Lipinski definition) is 7. The van der Waals surface area contributed by atoms with Gasteiger partial charge in [0.25, 0.3) is 0 Å². The van der Waals surface area contributed by atoms with Crippen LogP contribution in [0, 0.1) is 0 Å². The summed E-state index contributed by atoms with van der Waals surface area (Å²) in [6.45, 7) is 1.22.